The summed E-state index contributed by atoms with van der Waals surface area (Å²) >= 11 is 0. The van der Waals surface area contributed by atoms with Crippen LogP contribution in [0.3, 0.4) is 0 Å². The zero-order valence-corrected chi connectivity index (χ0v) is 28.5. The van der Waals surface area contributed by atoms with Crippen LogP contribution < -0.4 is 5.32 Å². The highest BCUT2D eigenvalue weighted by Gasteiger charge is 2.44. The molecule has 0 bridgehead atoms. The van der Waals surface area contributed by atoms with Crippen molar-refractivity contribution in [3.8, 4) is 0 Å². The minimum Gasteiger partial charge on any atom is -0.516 e. The Morgan fingerprint density at radius 1 is 0.898 bits per heavy atom. The van der Waals surface area contributed by atoms with Gasteiger partial charge in [-0.25, -0.2) is 0 Å². The Hall–Kier alpha value is -5.86. The molecule has 2 N–H and O–H groups in total. The van der Waals surface area contributed by atoms with Crippen LogP contribution in [0, 0.1) is 5.41 Å². The van der Waals surface area contributed by atoms with E-state index < -0.39 is 5.41 Å². The highest BCUT2D eigenvalue weighted by Crippen LogP contribution is 2.56. The van der Waals surface area contributed by atoms with Crippen LogP contribution >= 0.6 is 0 Å². The lowest BCUT2D eigenvalue weighted by molar-refractivity contribution is 0.473. The zero-order valence-electron chi connectivity index (χ0n) is 28.5. The second-order valence-corrected chi connectivity index (χ2v) is 11.5. The van der Waals surface area contributed by atoms with E-state index in [1.54, 1.807) is 12.2 Å². The number of nitrogens with one attached hydrogen (secondary N) is 1. The van der Waals surface area contributed by atoms with E-state index in [1.807, 2.05) is 61.7 Å². The first-order valence-corrected chi connectivity index (χ1v) is 16.7. The van der Waals surface area contributed by atoms with Gasteiger partial charge in [0, 0.05) is 6.54 Å². The Morgan fingerprint density at radius 3 is 2.51 bits per heavy atom. The first-order chi connectivity index (χ1) is 24.1. The monoisotopic (exact) mass is 641 g/mol. The fourth-order valence-corrected chi connectivity index (χ4v) is 6.22. The molecule has 4 rings (SSSR count). The van der Waals surface area contributed by atoms with Crippen LogP contribution in [0.5, 0.6) is 0 Å². The van der Waals surface area contributed by atoms with E-state index in [0.717, 1.165) is 47.1 Å². The number of hydrogen-bond acceptors (Lipinski definition) is 2. The first-order valence-electron chi connectivity index (χ1n) is 16.7. The quantitative estimate of drug-likeness (QED) is 0.179. The number of hydrogen-bond donors (Lipinski definition) is 2. The van der Waals surface area contributed by atoms with E-state index >= 15 is 0 Å². The summed E-state index contributed by atoms with van der Waals surface area (Å²) in [5.41, 5.74) is 9.36. The fourth-order valence-electron chi connectivity index (χ4n) is 6.22. The van der Waals surface area contributed by atoms with Crippen LogP contribution in [0.1, 0.15) is 29.2 Å². The normalized spacial score (nSPS) is 20.6. The average Bonchev–Trinajstić information content (AvgIpc) is 3.44. The topological polar surface area (TPSA) is 32.3 Å². The second-order valence-electron chi connectivity index (χ2n) is 11.5. The maximum Gasteiger partial charge on any atom is 0.0791 e. The van der Waals surface area contributed by atoms with Gasteiger partial charge in [0.05, 0.1) is 11.7 Å². The van der Waals surface area contributed by atoms with Crippen molar-refractivity contribution in [2.75, 3.05) is 6.54 Å². The third-order valence-electron chi connectivity index (χ3n) is 8.52. The van der Waals surface area contributed by atoms with Crippen molar-refractivity contribution in [3.05, 3.63) is 241 Å². The summed E-state index contributed by atoms with van der Waals surface area (Å²) in [6, 6.07) is 17.1. The Labute approximate surface area is 293 Å². The number of aliphatic hydroxyl groups is 1. The molecule has 49 heavy (non-hydrogen) atoms. The molecule has 0 saturated carbocycles. The molecule has 2 nitrogen and oxygen atoms in total. The van der Waals surface area contributed by atoms with Gasteiger partial charge in [0.15, 0.2) is 0 Å². The largest absolute Gasteiger partial charge is 0.516 e. The van der Waals surface area contributed by atoms with Crippen LogP contribution in [0.2, 0.25) is 0 Å². The molecule has 0 radical (unpaired) electrons. The molecule has 1 aliphatic carbocycles. The SMILES string of the molecule is C=C/C=C\C=C/C1(C(=C)/C=C\C=C/O)C(/C(=C\C=C/C)c2ccccc2)=CC(C=C)=C1Cc1cccc2c1C/C=C\C=C/CN/C=C\C=C2. The highest BCUT2D eigenvalue weighted by atomic mass is 16.2. The maximum absolute atomic E-state index is 9.50. The smallest absolute Gasteiger partial charge is 0.0791 e. The summed E-state index contributed by atoms with van der Waals surface area (Å²) in [5, 5.41) is 12.8. The van der Waals surface area contributed by atoms with E-state index in [0.29, 0.717) is 6.42 Å². The summed E-state index contributed by atoms with van der Waals surface area (Å²) in [7, 11) is 0. The van der Waals surface area contributed by atoms with Crippen molar-refractivity contribution in [1.82, 2.24) is 5.32 Å². The fraction of sp³-hybridized carbons (Fsp3) is 0.106. The van der Waals surface area contributed by atoms with E-state index in [4.69, 9.17) is 6.58 Å². The van der Waals surface area contributed by atoms with Gasteiger partial charge in [0.1, 0.15) is 0 Å². The van der Waals surface area contributed by atoms with Gasteiger partial charge < -0.3 is 10.4 Å². The van der Waals surface area contributed by atoms with Crippen LogP contribution in [0.25, 0.3) is 11.6 Å². The molecule has 0 spiro atoms. The molecule has 0 fully saturated rings. The molecule has 0 saturated heterocycles. The highest BCUT2D eigenvalue weighted by molar-refractivity contribution is 5.88. The Bertz CT molecular complexity index is 1860. The molecule has 2 aromatic rings. The predicted molar refractivity (Wildman–Crippen MR) is 214 cm³/mol. The molecule has 0 aromatic heterocycles. The van der Waals surface area contributed by atoms with E-state index in [2.05, 4.69) is 128 Å². The summed E-state index contributed by atoms with van der Waals surface area (Å²) in [6.07, 6.45) is 45.3. The van der Waals surface area contributed by atoms with Gasteiger partial charge in [-0.05, 0) is 94.3 Å². The van der Waals surface area contributed by atoms with Crippen molar-refractivity contribution in [2.24, 2.45) is 5.41 Å². The molecular formula is C47H47NO. The molecule has 246 valence electrons. The molecule has 1 aliphatic heterocycles. The minimum absolute atomic E-state index is 0.670. The third-order valence-corrected chi connectivity index (χ3v) is 8.52. The Morgan fingerprint density at radius 2 is 1.73 bits per heavy atom. The minimum atomic E-state index is -0.743. The van der Waals surface area contributed by atoms with Gasteiger partial charge in [0.2, 0.25) is 0 Å². The van der Waals surface area contributed by atoms with Crippen molar-refractivity contribution < 1.29 is 5.11 Å². The Balaban J connectivity index is 2.02. The van der Waals surface area contributed by atoms with Crippen molar-refractivity contribution in [3.63, 3.8) is 0 Å². The van der Waals surface area contributed by atoms with Crippen LogP contribution in [0.15, 0.2) is 218 Å². The number of allylic oxidation sites excluding steroid dienone is 23. The molecule has 2 aromatic carbocycles. The van der Waals surface area contributed by atoms with Crippen molar-refractivity contribution >= 4 is 11.6 Å². The van der Waals surface area contributed by atoms with Crippen LogP contribution in [-0.4, -0.2) is 11.7 Å². The molecule has 1 heterocycles. The summed E-state index contributed by atoms with van der Waals surface area (Å²) in [5.74, 6) is 0. The van der Waals surface area contributed by atoms with Crippen molar-refractivity contribution in [1.29, 1.82) is 0 Å². The molecule has 1 unspecified atom stereocenters. The number of aliphatic hydroxyl groups excluding tert-OH is 1. The van der Waals surface area contributed by atoms with Crippen molar-refractivity contribution in [2.45, 2.75) is 19.8 Å². The van der Waals surface area contributed by atoms with Gasteiger partial charge in [0.25, 0.3) is 0 Å². The van der Waals surface area contributed by atoms with Crippen LogP contribution in [0.4, 0.5) is 0 Å². The average molecular weight is 642 g/mol. The first kappa shape index (κ1) is 36.0. The summed E-state index contributed by atoms with van der Waals surface area (Å²) in [6.45, 7) is 15.7. The van der Waals surface area contributed by atoms with E-state index in [1.165, 1.54) is 22.3 Å². The lowest BCUT2D eigenvalue weighted by Gasteiger charge is -2.36. The Kier molecular flexibility index (Phi) is 14.0. The number of benzene rings is 2. The maximum atomic E-state index is 9.50. The second kappa shape index (κ2) is 19.1. The lowest BCUT2D eigenvalue weighted by atomic mass is 9.66. The van der Waals surface area contributed by atoms with Gasteiger partial charge in [-0.3, -0.25) is 0 Å². The molecule has 1 atom stereocenters. The summed E-state index contributed by atoms with van der Waals surface area (Å²) < 4.78 is 0. The van der Waals surface area contributed by atoms with Gasteiger partial charge in [-0.2, -0.15) is 0 Å². The lowest BCUT2D eigenvalue weighted by Crippen LogP contribution is -2.26. The number of rotatable bonds is 12. The molecule has 2 aliphatic rings. The molecule has 0 amide bonds. The standard InChI is InChI=1S/C47H47NO/c1-5-8-10-19-32-47(38(4)24-18-22-35-49)45(39(7-3)36-46(47)44(30-9-6-2)41-25-14-13-15-26-41)37-42-29-23-28-40-27-17-21-34-48-33-20-12-11-16-31-43(40)42/h5-30,32,34-36,48-49H,1,3-4,31,33,37H2,2H3/b9-6-,10-8-,16-11-,20-12-,24-18-,27-17?,32-19-,34-21-,35-22-,44-30-. The summed E-state index contributed by atoms with van der Waals surface area (Å²) in [4.78, 5) is 0. The third kappa shape index (κ3) is 9.15. The van der Waals surface area contributed by atoms with E-state index in [-0.39, 0.29) is 0 Å². The van der Waals surface area contributed by atoms with Gasteiger partial charge >= 0.3 is 0 Å². The van der Waals surface area contributed by atoms with Gasteiger partial charge in [-0.15, -0.1) is 0 Å². The number of fused-ring (bicyclic) bond motifs is 1. The van der Waals surface area contributed by atoms with Gasteiger partial charge in [-0.1, -0.05) is 172 Å². The van der Waals surface area contributed by atoms with Crippen LogP contribution in [-0.2, 0) is 12.8 Å². The molecule has 2 heteroatoms. The predicted octanol–water partition coefficient (Wildman–Crippen LogP) is 11.6. The zero-order chi connectivity index (χ0) is 34.7. The van der Waals surface area contributed by atoms with E-state index in [9.17, 15) is 5.11 Å². The molecular weight excluding hydrogens is 595 g/mol.